The van der Waals surface area contributed by atoms with Crippen LogP contribution < -0.4 is 5.73 Å². The summed E-state index contributed by atoms with van der Waals surface area (Å²) in [6.07, 6.45) is 1.92. The number of hydrogen-bond acceptors (Lipinski definition) is 2. The molecule has 2 unspecified atom stereocenters. The van der Waals surface area contributed by atoms with Gasteiger partial charge in [0, 0.05) is 24.6 Å². The predicted octanol–water partition coefficient (Wildman–Crippen LogP) is 2.88. The summed E-state index contributed by atoms with van der Waals surface area (Å²) in [6.45, 7) is 2.40. The van der Waals surface area contributed by atoms with E-state index in [-0.39, 0.29) is 17.0 Å². The summed E-state index contributed by atoms with van der Waals surface area (Å²) in [5.41, 5.74) is 6.57. The number of likely N-dealkylation sites (tertiary alicyclic amines) is 1. The fourth-order valence-corrected chi connectivity index (χ4v) is 2.88. The first kappa shape index (κ1) is 14.3. The molecule has 0 aromatic heterocycles. The molecule has 0 bridgehead atoms. The van der Waals surface area contributed by atoms with Crippen molar-refractivity contribution >= 4 is 17.5 Å². The standard InChI is InChI=1S/C14H18ClFN2O/c1-2-18-12(19)8-4-7-11(17)14(18)9-5-3-6-10(15)13(9)16/h3,5-6,11,14H,2,4,7-8,17H2,1H3. The number of carbonyl (C=O) groups excluding carboxylic acids is 1. The van der Waals surface area contributed by atoms with Crippen LogP contribution in [0.2, 0.25) is 5.02 Å². The van der Waals surface area contributed by atoms with E-state index >= 15 is 0 Å². The van der Waals surface area contributed by atoms with Gasteiger partial charge in [-0.1, -0.05) is 23.7 Å². The number of rotatable bonds is 2. The van der Waals surface area contributed by atoms with Gasteiger partial charge in [-0.25, -0.2) is 4.39 Å². The average Bonchev–Trinajstić information content (AvgIpc) is 2.52. The van der Waals surface area contributed by atoms with Crippen LogP contribution in [0.3, 0.4) is 0 Å². The van der Waals surface area contributed by atoms with Crippen molar-refractivity contribution in [2.45, 2.75) is 38.3 Å². The SMILES string of the molecule is CCN1C(=O)CCCC(N)C1c1cccc(Cl)c1F. The Balaban J connectivity index is 2.47. The Labute approximate surface area is 117 Å². The molecule has 2 atom stereocenters. The average molecular weight is 285 g/mol. The summed E-state index contributed by atoms with van der Waals surface area (Å²) in [7, 11) is 0. The van der Waals surface area contributed by atoms with Crippen molar-refractivity contribution in [1.29, 1.82) is 0 Å². The normalized spacial score (nSPS) is 24.4. The van der Waals surface area contributed by atoms with Crippen molar-refractivity contribution in [2.75, 3.05) is 6.54 Å². The van der Waals surface area contributed by atoms with E-state index in [0.717, 1.165) is 6.42 Å². The second kappa shape index (κ2) is 5.88. The summed E-state index contributed by atoms with van der Waals surface area (Å²) < 4.78 is 14.2. The maximum Gasteiger partial charge on any atom is 0.223 e. The van der Waals surface area contributed by atoms with Crippen LogP contribution in [-0.2, 0) is 4.79 Å². The molecule has 1 aliphatic heterocycles. The predicted molar refractivity (Wildman–Crippen MR) is 73.4 cm³/mol. The number of carbonyl (C=O) groups is 1. The first-order chi connectivity index (χ1) is 9.06. The van der Waals surface area contributed by atoms with E-state index in [1.807, 2.05) is 6.92 Å². The molecule has 3 nitrogen and oxygen atoms in total. The van der Waals surface area contributed by atoms with Gasteiger partial charge in [0.2, 0.25) is 5.91 Å². The van der Waals surface area contributed by atoms with E-state index in [1.54, 1.807) is 17.0 Å². The third-order valence-corrected chi connectivity index (χ3v) is 3.92. The lowest BCUT2D eigenvalue weighted by atomic mass is 9.96. The fourth-order valence-electron chi connectivity index (χ4n) is 2.70. The van der Waals surface area contributed by atoms with Crippen molar-refractivity contribution < 1.29 is 9.18 Å². The van der Waals surface area contributed by atoms with Crippen molar-refractivity contribution in [2.24, 2.45) is 5.73 Å². The molecule has 0 radical (unpaired) electrons. The number of benzene rings is 1. The van der Waals surface area contributed by atoms with Gasteiger partial charge in [0.15, 0.2) is 0 Å². The molecule has 0 aliphatic carbocycles. The number of likely N-dealkylation sites (N-methyl/N-ethyl adjacent to an activating group) is 1. The van der Waals surface area contributed by atoms with Gasteiger partial charge in [-0.3, -0.25) is 4.79 Å². The summed E-state index contributed by atoms with van der Waals surface area (Å²) in [5.74, 6) is -0.447. The van der Waals surface area contributed by atoms with Gasteiger partial charge >= 0.3 is 0 Å². The third kappa shape index (κ3) is 2.74. The lowest BCUT2D eigenvalue weighted by Gasteiger charge is -2.33. The van der Waals surface area contributed by atoms with E-state index in [1.165, 1.54) is 6.07 Å². The maximum absolute atomic E-state index is 14.2. The molecule has 0 saturated carbocycles. The van der Waals surface area contributed by atoms with Crippen molar-refractivity contribution in [3.63, 3.8) is 0 Å². The summed E-state index contributed by atoms with van der Waals surface area (Å²) >= 11 is 5.83. The van der Waals surface area contributed by atoms with Crippen LogP contribution in [0.15, 0.2) is 18.2 Å². The minimum atomic E-state index is -0.474. The zero-order valence-corrected chi connectivity index (χ0v) is 11.7. The monoisotopic (exact) mass is 284 g/mol. The Bertz CT molecular complexity index is 481. The Morgan fingerprint density at radius 2 is 2.26 bits per heavy atom. The van der Waals surface area contributed by atoms with Crippen LogP contribution in [0.5, 0.6) is 0 Å². The van der Waals surface area contributed by atoms with Crippen molar-refractivity contribution in [3.05, 3.63) is 34.6 Å². The molecule has 1 aromatic rings. The van der Waals surface area contributed by atoms with Crippen LogP contribution in [0.1, 0.15) is 37.8 Å². The Kier molecular flexibility index (Phi) is 4.42. The smallest absolute Gasteiger partial charge is 0.223 e. The minimum Gasteiger partial charge on any atom is -0.334 e. The molecule has 5 heteroatoms. The van der Waals surface area contributed by atoms with Gasteiger partial charge in [0.1, 0.15) is 5.82 Å². The Morgan fingerprint density at radius 1 is 1.53 bits per heavy atom. The molecule has 104 valence electrons. The van der Waals surface area contributed by atoms with Gasteiger partial charge in [-0.05, 0) is 25.8 Å². The topological polar surface area (TPSA) is 46.3 Å². The molecule has 1 fully saturated rings. The Hall–Kier alpha value is -1.13. The van der Waals surface area contributed by atoms with Gasteiger partial charge in [-0.15, -0.1) is 0 Å². The lowest BCUT2D eigenvalue weighted by Crippen LogP contribution is -2.42. The highest BCUT2D eigenvalue weighted by molar-refractivity contribution is 6.30. The van der Waals surface area contributed by atoms with E-state index < -0.39 is 11.9 Å². The molecule has 1 aliphatic rings. The summed E-state index contributed by atoms with van der Waals surface area (Å²) in [6, 6.07) is 4.16. The number of nitrogens with zero attached hydrogens (tertiary/aromatic N) is 1. The highest BCUT2D eigenvalue weighted by Crippen LogP contribution is 2.33. The largest absolute Gasteiger partial charge is 0.334 e. The molecular formula is C14H18ClFN2O. The van der Waals surface area contributed by atoms with Crippen molar-refractivity contribution in [3.8, 4) is 0 Å². The first-order valence-electron chi connectivity index (χ1n) is 6.55. The Morgan fingerprint density at radius 3 is 2.95 bits per heavy atom. The second-order valence-electron chi connectivity index (χ2n) is 4.82. The molecule has 1 saturated heterocycles. The van der Waals surface area contributed by atoms with Crippen LogP contribution in [-0.4, -0.2) is 23.4 Å². The summed E-state index contributed by atoms with van der Waals surface area (Å²) in [4.78, 5) is 13.7. The van der Waals surface area contributed by atoms with Crippen molar-refractivity contribution in [1.82, 2.24) is 4.90 Å². The fraction of sp³-hybridized carbons (Fsp3) is 0.500. The molecular weight excluding hydrogens is 267 g/mol. The van der Waals surface area contributed by atoms with E-state index in [0.29, 0.717) is 24.9 Å². The van der Waals surface area contributed by atoms with E-state index in [9.17, 15) is 9.18 Å². The van der Waals surface area contributed by atoms with Gasteiger partial charge in [-0.2, -0.15) is 0 Å². The van der Waals surface area contributed by atoms with Crippen LogP contribution in [0, 0.1) is 5.82 Å². The number of amides is 1. The van der Waals surface area contributed by atoms with Gasteiger partial charge in [0.25, 0.3) is 0 Å². The maximum atomic E-state index is 14.2. The van der Waals surface area contributed by atoms with E-state index in [4.69, 9.17) is 17.3 Å². The van der Waals surface area contributed by atoms with Gasteiger partial charge in [0.05, 0.1) is 11.1 Å². The zero-order valence-electron chi connectivity index (χ0n) is 10.9. The molecule has 0 spiro atoms. The highest BCUT2D eigenvalue weighted by Gasteiger charge is 2.33. The molecule has 1 aromatic carbocycles. The number of nitrogens with two attached hydrogens (primary N) is 1. The van der Waals surface area contributed by atoms with Crippen LogP contribution in [0.25, 0.3) is 0 Å². The molecule has 2 rings (SSSR count). The highest BCUT2D eigenvalue weighted by atomic mass is 35.5. The minimum absolute atomic E-state index is 0.0276. The van der Waals surface area contributed by atoms with Gasteiger partial charge < -0.3 is 10.6 Å². The van der Waals surface area contributed by atoms with E-state index in [2.05, 4.69) is 0 Å². The first-order valence-corrected chi connectivity index (χ1v) is 6.93. The van der Waals surface area contributed by atoms with Crippen LogP contribution >= 0.6 is 11.6 Å². The van der Waals surface area contributed by atoms with Crippen LogP contribution in [0.4, 0.5) is 4.39 Å². The second-order valence-corrected chi connectivity index (χ2v) is 5.23. The number of hydrogen-bond donors (Lipinski definition) is 1. The third-order valence-electron chi connectivity index (χ3n) is 3.63. The zero-order chi connectivity index (χ0) is 14.0. The quantitative estimate of drug-likeness (QED) is 0.908. The molecule has 1 heterocycles. The molecule has 19 heavy (non-hydrogen) atoms. The number of halogens is 2. The summed E-state index contributed by atoms with van der Waals surface area (Å²) in [5, 5.41) is 0.0671. The molecule has 2 N–H and O–H groups in total. The lowest BCUT2D eigenvalue weighted by molar-refractivity contribution is -0.133. The molecule has 1 amide bonds.